The molecule has 1 aromatic carbocycles. The smallest absolute Gasteiger partial charge is 0.225 e. The summed E-state index contributed by atoms with van der Waals surface area (Å²) in [6.45, 7) is 5.37. The van der Waals surface area contributed by atoms with Crippen molar-refractivity contribution in [1.29, 1.82) is 0 Å². The van der Waals surface area contributed by atoms with Gasteiger partial charge in [-0.1, -0.05) is 32.9 Å². The number of aromatic nitrogens is 1. The Morgan fingerprint density at radius 3 is 2.42 bits per heavy atom. The highest BCUT2D eigenvalue weighted by molar-refractivity contribution is 7.73. The lowest BCUT2D eigenvalue weighted by Gasteiger charge is -2.23. The first-order chi connectivity index (χ1) is 12.2. The monoisotopic (exact) mass is 397 g/mol. The summed E-state index contributed by atoms with van der Waals surface area (Å²) < 4.78 is 23.8. The van der Waals surface area contributed by atoms with Gasteiger partial charge in [0.1, 0.15) is 5.01 Å². The largest absolute Gasteiger partial charge is 0.390 e. The molecular weight excluding hydrogens is 374 g/mol. The Hall–Kier alpha value is -1.97. The zero-order valence-electron chi connectivity index (χ0n) is 14.9. The predicted molar refractivity (Wildman–Crippen MR) is 102 cm³/mol. The number of thiol groups is 1. The molecule has 0 saturated carbocycles. The molecule has 0 aliphatic carbocycles. The van der Waals surface area contributed by atoms with Crippen molar-refractivity contribution in [3.05, 3.63) is 45.9 Å². The van der Waals surface area contributed by atoms with E-state index in [9.17, 15) is 18.3 Å². The average Bonchev–Trinajstić information content (AvgIpc) is 3.03. The predicted octanol–water partition coefficient (Wildman–Crippen LogP) is 2.02. The molecule has 7 nitrogen and oxygen atoms in total. The number of anilines is 1. The van der Waals surface area contributed by atoms with Gasteiger partial charge in [-0.25, -0.2) is 13.4 Å². The number of aliphatic hydroxyl groups is 1. The van der Waals surface area contributed by atoms with Crippen LogP contribution in [0.2, 0.25) is 0 Å². The molecule has 0 bridgehead atoms. The number of amides is 1. The summed E-state index contributed by atoms with van der Waals surface area (Å²) in [4.78, 5) is 16.8. The molecule has 0 radical (unpaired) electrons. The standard InChI is InChI=1S/C17H23N3O4S2/c1-17(2,3)16(22)19-14(15-18-13(9-21)10-25-15)8-11-4-6-12(7-5-11)20-26(23)24/h4-7,10,14,21,26H,8-9H2,1-3H3,(H,19,22)(H,20,23,24)/t14-/m0/s1. The van der Waals surface area contributed by atoms with Gasteiger partial charge in [0.25, 0.3) is 0 Å². The third kappa shape index (κ3) is 5.79. The van der Waals surface area contributed by atoms with Crippen LogP contribution in [0.4, 0.5) is 5.69 Å². The Balaban J connectivity index is 2.21. The van der Waals surface area contributed by atoms with E-state index in [4.69, 9.17) is 0 Å². The van der Waals surface area contributed by atoms with Gasteiger partial charge in [0, 0.05) is 16.5 Å². The molecule has 26 heavy (non-hydrogen) atoms. The molecule has 3 N–H and O–H groups in total. The number of hydrogen-bond acceptors (Lipinski definition) is 6. The third-order valence-electron chi connectivity index (χ3n) is 3.63. The van der Waals surface area contributed by atoms with E-state index in [2.05, 4.69) is 15.0 Å². The van der Waals surface area contributed by atoms with Crippen LogP contribution in [0.3, 0.4) is 0 Å². The SMILES string of the molecule is CC(C)(C)C(=O)N[C@@H](Cc1ccc(N[SH](=O)=O)cc1)c1nc(CO)cs1. The molecule has 2 rings (SSSR count). The van der Waals surface area contributed by atoms with E-state index < -0.39 is 16.3 Å². The third-order valence-corrected chi connectivity index (χ3v) is 5.08. The first kappa shape index (κ1) is 20.3. The van der Waals surface area contributed by atoms with Crippen molar-refractivity contribution in [3.63, 3.8) is 0 Å². The number of rotatable bonds is 7. The summed E-state index contributed by atoms with van der Waals surface area (Å²) in [5.41, 5.74) is 1.44. The van der Waals surface area contributed by atoms with Gasteiger partial charge in [-0.2, -0.15) is 0 Å². The Morgan fingerprint density at radius 2 is 1.92 bits per heavy atom. The fraction of sp³-hybridized carbons (Fsp3) is 0.412. The van der Waals surface area contributed by atoms with Crippen molar-refractivity contribution in [2.45, 2.75) is 39.8 Å². The molecule has 1 heterocycles. The van der Waals surface area contributed by atoms with Crippen LogP contribution in [0.25, 0.3) is 0 Å². The number of nitrogens with zero attached hydrogens (tertiary/aromatic N) is 1. The summed E-state index contributed by atoms with van der Waals surface area (Å²) in [6.07, 6.45) is 0.504. The fourth-order valence-corrected chi connectivity index (χ4v) is 3.41. The molecular formula is C17H23N3O4S2. The summed E-state index contributed by atoms with van der Waals surface area (Å²) in [5.74, 6) is -0.0927. The summed E-state index contributed by atoms with van der Waals surface area (Å²) >= 11 is 1.39. The minimum absolute atomic E-state index is 0.0927. The normalized spacial score (nSPS) is 12.8. The van der Waals surface area contributed by atoms with Crippen molar-refractivity contribution in [3.8, 4) is 0 Å². The van der Waals surface area contributed by atoms with Gasteiger partial charge in [0.15, 0.2) is 0 Å². The van der Waals surface area contributed by atoms with Gasteiger partial charge in [0.2, 0.25) is 16.8 Å². The van der Waals surface area contributed by atoms with Crippen LogP contribution in [0.15, 0.2) is 29.6 Å². The number of thiazole rings is 1. The van der Waals surface area contributed by atoms with Gasteiger partial charge >= 0.3 is 0 Å². The van der Waals surface area contributed by atoms with Crippen LogP contribution in [0.1, 0.15) is 43.1 Å². The molecule has 0 fully saturated rings. The molecule has 0 aliphatic rings. The highest BCUT2D eigenvalue weighted by Gasteiger charge is 2.26. The van der Waals surface area contributed by atoms with Crippen molar-refractivity contribution in [1.82, 2.24) is 10.3 Å². The average molecular weight is 398 g/mol. The molecule has 0 unspecified atom stereocenters. The molecule has 142 valence electrons. The van der Waals surface area contributed by atoms with E-state index in [1.54, 1.807) is 29.6 Å². The molecule has 1 amide bonds. The van der Waals surface area contributed by atoms with Crippen LogP contribution in [-0.4, -0.2) is 24.4 Å². The van der Waals surface area contributed by atoms with E-state index in [1.165, 1.54) is 11.3 Å². The van der Waals surface area contributed by atoms with Crippen LogP contribution in [-0.2, 0) is 28.7 Å². The van der Waals surface area contributed by atoms with E-state index in [-0.39, 0.29) is 18.6 Å². The number of carbonyl (C=O) groups is 1. The number of benzene rings is 1. The highest BCUT2D eigenvalue weighted by atomic mass is 32.2. The molecule has 1 aromatic heterocycles. The zero-order valence-corrected chi connectivity index (χ0v) is 16.6. The van der Waals surface area contributed by atoms with Gasteiger partial charge in [-0.05, 0) is 24.1 Å². The van der Waals surface area contributed by atoms with E-state index in [0.717, 1.165) is 10.6 Å². The molecule has 0 spiro atoms. The maximum Gasteiger partial charge on any atom is 0.225 e. The summed E-state index contributed by atoms with van der Waals surface area (Å²) in [6, 6.07) is 6.62. The number of aliphatic hydroxyl groups excluding tert-OH is 1. The van der Waals surface area contributed by atoms with Crippen LogP contribution < -0.4 is 10.0 Å². The lowest BCUT2D eigenvalue weighted by atomic mass is 9.94. The van der Waals surface area contributed by atoms with E-state index >= 15 is 0 Å². The second-order valence-electron chi connectivity index (χ2n) is 6.88. The lowest BCUT2D eigenvalue weighted by molar-refractivity contribution is -0.129. The molecule has 9 heteroatoms. The first-order valence-electron chi connectivity index (χ1n) is 8.05. The number of carbonyl (C=O) groups excluding carboxylic acids is 1. The fourth-order valence-electron chi connectivity index (χ4n) is 2.19. The minimum atomic E-state index is -2.70. The summed E-state index contributed by atoms with van der Waals surface area (Å²) in [7, 11) is -2.70. The minimum Gasteiger partial charge on any atom is -0.390 e. The Labute approximate surface area is 158 Å². The van der Waals surface area contributed by atoms with Gasteiger partial charge in [-0.15, -0.1) is 11.3 Å². The van der Waals surface area contributed by atoms with Gasteiger partial charge in [0.05, 0.1) is 18.3 Å². The molecule has 2 aromatic rings. The van der Waals surface area contributed by atoms with Gasteiger partial charge < -0.3 is 10.4 Å². The number of nitrogens with one attached hydrogen (secondary N) is 2. The van der Waals surface area contributed by atoms with Crippen molar-refractivity contribution in [2.75, 3.05) is 4.72 Å². The Bertz CT molecular complexity index is 815. The summed E-state index contributed by atoms with van der Waals surface area (Å²) in [5, 5.41) is 14.7. The first-order valence-corrected chi connectivity index (χ1v) is 10.1. The van der Waals surface area contributed by atoms with Crippen LogP contribution in [0.5, 0.6) is 0 Å². The molecule has 0 aliphatic heterocycles. The van der Waals surface area contributed by atoms with Crippen molar-refractivity contribution >= 4 is 33.8 Å². The topological polar surface area (TPSA) is 108 Å². The zero-order chi connectivity index (χ0) is 19.3. The van der Waals surface area contributed by atoms with Crippen LogP contribution in [0, 0.1) is 5.41 Å². The quantitative estimate of drug-likeness (QED) is 0.535. The van der Waals surface area contributed by atoms with Crippen LogP contribution >= 0.6 is 11.3 Å². The maximum atomic E-state index is 12.4. The highest BCUT2D eigenvalue weighted by Crippen LogP contribution is 2.25. The molecule has 1 atom stereocenters. The Kier molecular flexibility index (Phi) is 6.74. The van der Waals surface area contributed by atoms with Gasteiger partial charge in [-0.3, -0.25) is 9.52 Å². The second-order valence-corrected chi connectivity index (χ2v) is 8.51. The Morgan fingerprint density at radius 1 is 1.27 bits per heavy atom. The van der Waals surface area contributed by atoms with Crippen molar-refractivity contribution < 1.29 is 18.3 Å². The molecule has 0 saturated heterocycles. The number of hydrogen-bond donors (Lipinski definition) is 4. The maximum absolute atomic E-state index is 12.4. The van der Waals surface area contributed by atoms with E-state index in [0.29, 0.717) is 17.8 Å². The van der Waals surface area contributed by atoms with Crippen molar-refractivity contribution in [2.24, 2.45) is 5.41 Å². The lowest BCUT2D eigenvalue weighted by Crippen LogP contribution is -2.38. The second kappa shape index (κ2) is 8.61. The van der Waals surface area contributed by atoms with E-state index in [1.807, 2.05) is 20.8 Å².